The van der Waals surface area contributed by atoms with Crippen molar-refractivity contribution < 1.29 is 14.3 Å². The molecule has 1 saturated heterocycles. The van der Waals surface area contributed by atoms with Crippen LogP contribution in [0.4, 0.5) is 11.5 Å². The Balaban J connectivity index is 1.29. The summed E-state index contributed by atoms with van der Waals surface area (Å²) in [6.45, 7) is 4.12. The van der Waals surface area contributed by atoms with E-state index in [-0.39, 0.29) is 23.0 Å². The predicted molar refractivity (Wildman–Crippen MR) is 168 cm³/mol. The molecule has 1 aliphatic heterocycles. The van der Waals surface area contributed by atoms with Gasteiger partial charge in [-0.25, -0.2) is 9.78 Å². The highest BCUT2D eigenvalue weighted by molar-refractivity contribution is 5.94. The molecule has 0 aliphatic carbocycles. The summed E-state index contributed by atoms with van der Waals surface area (Å²) >= 11 is 0. The molecule has 224 valence electrons. The van der Waals surface area contributed by atoms with Gasteiger partial charge in [0.2, 0.25) is 0 Å². The third kappa shape index (κ3) is 5.52. The van der Waals surface area contributed by atoms with E-state index < -0.39 is 0 Å². The largest absolute Gasteiger partial charge is 0.497 e. The zero-order valence-corrected chi connectivity index (χ0v) is 24.7. The van der Waals surface area contributed by atoms with Gasteiger partial charge in [0.25, 0.3) is 11.5 Å². The number of ether oxygens (including phenoxy) is 2. The second-order valence-electron chi connectivity index (χ2n) is 10.5. The molecule has 5 aromatic rings. The number of methoxy groups -OCH3 is 1. The van der Waals surface area contributed by atoms with Crippen LogP contribution in [0, 0.1) is 6.92 Å². The van der Waals surface area contributed by atoms with Gasteiger partial charge in [0.1, 0.15) is 5.75 Å². The van der Waals surface area contributed by atoms with Gasteiger partial charge < -0.3 is 24.3 Å². The first-order valence-electron chi connectivity index (χ1n) is 14.2. The normalized spacial score (nSPS) is 13.1. The molecule has 2 aromatic heterocycles. The first-order chi connectivity index (χ1) is 21.3. The minimum Gasteiger partial charge on any atom is -0.497 e. The van der Waals surface area contributed by atoms with Crippen LogP contribution >= 0.6 is 0 Å². The zero-order chi connectivity index (χ0) is 30.8. The van der Waals surface area contributed by atoms with Crippen molar-refractivity contribution in [1.29, 1.82) is 0 Å². The molecule has 1 aliphatic rings. The van der Waals surface area contributed by atoms with Gasteiger partial charge in [-0.2, -0.15) is 0 Å². The summed E-state index contributed by atoms with van der Waals surface area (Å²) in [4.78, 5) is 45.8. The van der Waals surface area contributed by atoms with Gasteiger partial charge in [-0.3, -0.25) is 18.7 Å². The average molecular weight is 593 g/mol. The summed E-state index contributed by atoms with van der Waals surface area (Å²) in [7, 11) is 3.25. The Kier molecular flexibility index (Phi) is 7.86. The number of anilines is 2. The molecule has 11 nitrogen and oxygen atoms in total. The van der Waals surface area contributed by atoms with E-state index in [1.807, 2.05) is 43.3 Å². The third-order valence-electron chi connectivity index (χ3n) is 7.71. The molecule has 11 heteroatoms. The fourth-order valence-corrected chi connectivity index (χ4v) is 5.28. The topological polar surface area (TPSA) is 113 Å². The lowest BCUT2D eigenvalue weighted by Gasteiger charge is -2.26. The Morgan fingerprint density at radius 2 is 1.68 bits per heavy atom. The van der Waals surface area contributed by atoms with E-state index in [1.165, 1.54) is 4.57 Å². The number of imidazole rings is 1. The standard InChI is InChI=1S/C33H32N6O5/c1-22-27(8-5-9-29(22)39-15-14-38(33(39)42)25-6-4-7-26(20-25)43-3)28-21-36(2)32(41)30(35-28)34-24-12-10-23(11-13-24)31(40)37-16-18-44-19-17-37/h4-15,20-21H,16-19H2,1-3H3,(H,34,35). The lowest BCUT2D eigenvalue weighted by atomic mass is 10.0. The lowest BCUT2D eigenvalue weighted by molar-refractivity contribution is 0.0303. The van der Waals surface area contributed by atoms with Crippen molar-refractivity contribution in [3.05, 3.63) is 117 Å². The van der Waals surface area contributed by atoms with Crippen LogP contribution in [0.1, 0.15) is 15.9 Å². The van der Waals surface area contributed by atoms with Crippen molar-refractivity contribution in [2.45, 2.75) is 6.92 Å². The van der Waals surface area contributed by atoms with Crippen LogP contribution in [-0.2, 0) is 11.8 Å². The summed E-state index contributed by atoms with van der Waals surface area (Å²) in [6, 6.07) is 19.9. The van der Waals surface area contributed by atoms with Crippen LogP contribution < -0.4 is 21.3 Å². The summed E-state index contributed by atoms with van der Waals surface area (Å²) < 4.78 is 15.3. The predicted octanol–water partition coefficient (Wildman–Crippen LogP) is 3.92. The van der Waals surface area contributed by atoms with Gasteiger partial charge >= 0.3 is 5.69 Å². The summed E-state index contributed by atoms with van der Waals surface area (Å²) in [5.41, 5.74) is 4.20. The SMILES string of the molecule is COc1cccc(-n2ccn(-c3cccc(-c4cn(C)c(=O)c(Nc5ccc(C(=O)N6CCOCC6)cc5)n4)c3C)c2=O)c1. The molecule has 6 rings (SSSR count). The highest BCUT2D eigenvalue weighted by Gasteiger charge is 2.19. The number of aromatic nitrogens is 4. The first-order valence-corrected chi connectivity index (χ1v) is 14.2. The smallest absolute Gasteiger partial charge is 0.337 e. The van der Waals surface area contributed by atoms with Gasteiger partial charge in [-0.05, 0) is 55.0 Å². The second kappa shape index (κ2) is 12.1. The Morgan fingerprint density at radius 1 is 0.955 bits per heavy atom. The molecule has 44 heavy (non-hydrogen) atoms. The summed E-state index contributed by atoms with van der Waals surface area (Å²) in [5.74, 6) is 0.746. The average Bonchev–Trinajstić information content (AvgIpc) is 3.44. The number of benzene rings is 3. The molecule has 1 fully saturated rings. The van der Waals surface area contributed by atoms with Gasteiger partial charge in [-0.15, -0.1) is 0 Å². The Labute approximate surface area is 253 Å². The third-order valence-corrected chi connectivity index (χ3v) is 7.71. The van der Waals surface area contributed by atoms with E-state index in [1.54, 1.807) is 77.1 Å². The van der Waals surface area contributed by atoms with E-state index in [0.29, 0.717) is 60.4 Å². The van der Waals surface area contributed by atoms with Crippen LogP contribution in [0.3, 0.4) is 0 Å². The van der Waals surface area contributed by atoms with Crippen LogP contribution in [-0.4, -0.2) is 62.9 Å². The van der Waals surface area contributed by atoms with Crippen LogP contribution in [0.2, 0.25) is 0 Å². The van der Waals surface area contributed by atoms with Gasteiger partial charge in [0.05, 0.1) is 37.4 Å². The zero-order valence-electron chi connectivity index (χ0n) is 24.7. The minimum atomic E-state index is -0.303. The molecule has 0 spiro atoms. The molecular formula is C33H32N6O5. The summed E-state index contributed by atoms with van der Waals surface area (Å²) in [5, 5.41) is 3.12. The van der Waals surface area contributed by atoms with E-state index in [0.717, 1.165) is 11.1 Å². The number of amides is 1. The number of morpholine rings is 1. The maximum atomic E-state index is 13.5. The van der Waals surface area contributed by atoms with E-state index in [9.17, 15) is 14.4 Å². The number of nitrogens with zero attached hydrogens (tertiary/aromatic N) is 5. The highest BCUT2D eigenvalue weighted by Crippen LogP contribution is 2.27. The molecule has 0 atom stereocenters. The van der Waals surface area contributed by atoms with Crippen LogP contribution in [0.15, 0.2) is 94.9 Å². The van der Waals surface area contributed by atoms with Gasteiger partial charge in [-0.1, -0.05) is 18.2 Å². The molecule has 3 aromatic carbocycles. The van der Waals surface area contributed by atoms with Crippen molar-refractivity contribution in [3.63, 3.8) is 0 Å². The number of carbonyl (C=O) groups excluding carboxylic acids is 1. The maximum absolute atomic E-state index is 13.5. The number of hydrogen-bond acceptors (Lipinski definition) is 7. The first kappa shape index (κ1) is 28.7. The number of hydrogen-bond donors (Lipinski definition) is 1. The summed E-state index contributed by atoms with van der Waals surface area (Å²) in [6.07, 6.45) is 5.12. The Hall–Kier alpha value is -5.42. The maximum Gasteiger partial charge on any atom is 0.337 e. The fourth-order valence-electron chi connectivity index (χ4n) is 5.28. The van der Waals surface area contributed by atoms with Gasteiger partial charge in [0.15, 0.2) is 5.82 Å². The molecule has 0 radical (unpaired) electrons. The van der Waals surface area contributed by atoms with Crippen molar-refractivity contribution in [1.82, 2.24) is 23.6 Å². The second-order valence-corrected chi connectivity index (χ2v) is 10.5. The number of aryl methyl sites for hydroxylation is 1. The van der Waals surface area contributed by atoms with Crippen molar-refractivity contribution >= 4 is 17.4 Å². The molecule has 0 bridgehead atoms. The number of nitrogens with one attached hydrogen (secondary N) is 1. The van der Waals surface area contributed by atoms with Crippen molar-refractivity contribution in [2.24, 2.45) is 7.05 Å². The van der Waals surface area contributed by atoms with Crippen molar-refractivity contribution in [3.8, 4) is 28.4 Å². The van der Waals surface area contributed by atoms with Crippen molar-refractivity contribution in [2.75, 3.05) is 38.7 Å². The number of rotatable bonds is 7. The molecule has 0 saturated carbocycles. The molecule has 1 N–H and O–H groups in total. The Morgan fingerprint density at radius 3 is 2.43 bits per heavy atom. The molecule has 3 heterocycles. The highest BCUT2D eigenvalue weighted by atomic mass is 16.5. The number of carbonyl (C=O) groups is 1. The molecule has 0 unspecified atom stereocenters. The lowest BCUT2D eigenvalue weighted by Crippen LogP contribution is -2.40. The van der Waals surface area contributed by atoms with Gasteiger partial charge in [0, 0.05) is 61.6 Å². The monoisotopic (exact) mass is 592 g/mol. The van der Waals surface area contributed by atoms with Crippen LogP contribution in [0.5, 0.6) is 5.75 Å². The Bertz CT molecular complexity index is 1950. The van der Waals surface area contributed by atoms with E-state index in [2.05, 4.69) is 10.3 Å². The quantitative estimate of drug-likeness (QED) is 0.305. The molecule has 1 amide bonds. The fraction of sp³-hybridized carbons (Fsp3) is 0.212. The van der Waals surface area contributed by atoms with Crippen LogP contribution in [0.25, 0.3) is 22.6 Å². The van der Waals surface area contributed by atoms with E-state index in [4.69, 9.17) is 9.47 Å². The minimum absolute atomic E-state index is 0.0517. The van der Waals surface area contributed by atoms with E-state index >= 15 is 0 Å². The molecular weight excluding hydrogens is 560 g/mol.